The first-order valence-electron chi connectivity index (χ1n) is 6.66. The molecule has 1 aromatic heterocycles. The van der Waals surface area contributed by atoms with Gasteiger partial charge >= 0.3 is 5.69 Å². The minimum atomic E-state index is -0.450. The smallest absolute Gasteiger partial charge is 0.279 e. The second-order valence-corrected chi connectivity index (χ2v) is 5.77. The van der Waals surface area contributed by atoms with Crippen LogP contribution in [0.5, 0.6) is 0 Å². The number of nitrogens with zero attached hydrogens (tertiary/aromatic N) is 4. The zero-order valence-corrected chi connectivity index (χ0v) is 12.7. The number of halogens is 1. The van der Waals surface area contributed by atoms with Crippen molar-refractivity contribution in [2.24, 2.45) is 0 Å². The summed E-state index contributed by atoms with van der Waals surface area (Å²) < 4.78 is 3.46. The molecule has 0 radical (unpaired) electrons. The summed E-state index contributed by atoms with van der Waals surface area (Å²) in [7, 11) is 0. The molecule has 110 valence electrons. The number of nitro groups is 1. The molecule has 0 unspecified atom stereocenters. The van der Waals surface area contributed by atoms with E-state index in [1.807, 2.05) is 0 Å². The van der Waals surface area contributed by atoms with E-state index in [1.54, 1.807) is 16.7 Å². The Labute approximate surface area is 128 Å². The Bertz CT molecular complexity index is 765. The molecule has 0 spiro atoms. The van der Waals surface area contributed by atoms with E-state index in [-0.39, 0.29) is 17.9 Å². The van der Waals surface area contributed by atoms with E-state index in [0.29, 0.717) is 16.6 Å². The highest BCUT2D eigenvalue weighted by molar-refractivity contribution is 9.10. The summed E-state index contributed by atoms with van der Waals surface area (Å²) in [4.78, 5) is 22.8. The van der Waals surface area contributed by atoms with Crippen molar-refractivity contribution in [3.05, 3.63) is 54.7 Å². The number of hydrogen-bond acceptors (Lipinski definition) is 4. The fraction of sp³-hybridized carbons (Fsp3) is 0.385. The molecule has 1 aliphatic heterocycles. The molecule has 0 saturated heterocycles. The summed E-state index contributed by atoms with van der Waals surface area (Å²) in [6, 6.07) is 4.79. The normalized spacial score (nSPS) is 14.0. The Morgan fingerprint density at radius 1 is 1.38 bits per heavy atom. The summed E-state index contributed by atoms with van der Waals surface area (Å²) in [6.45, 7) is 0.922. The Kier molecular flexibility index (Phi) is 3.62. The van der Waals surface area contributed by atoms with Crippen LogP contribution in [0, 0.1) is 10.1 Å². The lowest BCUT2D eigenvalue weighted by atomic mass is 10.2. The topological polar surface area (TPSA) is 83.0 Å². The number of hydrogen-bond donors (Lipinski definition) is 0. The molecule has 1 aromatic carbocycles. The van der Waals surface area contributed by atoms with Gasteiger partial charge in [0, 0.05) is 19.0 Å². The number of benzene rings is 1. The van der Waals surface area contributed by atoms with E-state index in [4.69, 9.17) is 0 Å². The zero-order chi connectivity index (χ0) is 15.0. The summed E-state index contributed by atoms with van der Waals surface area (Å²) >= 11 is 3.24. The molecule has 0 N–H and O–H groups in total. The third-order valence-corrected chi connectivity index (χ3v) is 4.52. The van der Waals surface area contributed by atoms with Crippen molar-refractivity contribution >= 4 is 21.6 Å². The van der Waals surface area contributed by atoms with Crippen LogP contribution in [0.25, 0.3) is 0 Å². The second kappa shape index (κ2) is 5.44. The van der Waals surface area contributed by atoms with Crippen molar-refractivity contribution in [3.63, 3.8) is 0 Å². The number of aromatic nitrogens is 3. The van der Waals surface area contributed by atoms with Crippen LogP contribution in [0.1, 0.15) is 24.2 Å². The lowest BCUT2D eigenvalue weighted by molar-refractivity contribution is -0.385. The maximum Gasteiger partial charge on any atom is 0.346 e. The average molecular weight is 353 g/mol. The van der Waals surface area contributed by atoms with E-state index in [2.05, 4.69) is 21.0 Å². The molecule has 8 heteroatoms. The van der Waals surface area contributed by atoms with Crippen LogP contribution in [0.15, 0.2) is 27.5 Å². The summed E-state index contributed by atoms with van der Waals surface area (Å²) in [6.07, 6.45) is 2.83. The monoisotopic (exact) mass is 352 g/mol. The van der Waals surface area contributed by atoms with Crippen molar-refractivity contribution in [2.45, 2.75) is 32.4 Å². The molecule has 0 bridgehead atoms. The van der Waals surface area contributed by atoms with Crippen molar-refractivity contribution in [2.75, 3.05) is 0 Å². The van der Waals surface area contributed by atoms with Crippen LogP contribution in [0.2, 0.25) is 0 Å². The van der Waals surface area contributed by atoms with Gasteiger partial charge < -0.3 is 0 Å². The van der Waals surface area contributed by atoms with Crippen LogP contribution in [-0.4, -0.2) is 19.3 Å². The first-order valence-corrected chi connectivity index (χ1v) is 7.45. The van der Waals surface area contributed by atoms with Crippen LogP contribution in [-0.2, 0) is 19.5 Å². The van der Waals surface area contributed by atoms with Gasteiger partial charge in [-0.3, -0.25) is 14.7 Å². The molecule has 0 saturated carbocycles. The van der Waals surface area contributed by atoms with Gasteiger partial charge in [0.2, 0.25) is 0 Å². The van der Waals surface area contributed by atoms with E-state index in [1.165, 1.54) is 10.7 Å². The predicted octanol–water partition coefficient (Wildman–Crippen LogP) is 2.10. The third kappa shape index (κ3) is 2.51. The highest BCUT2D eigenvalue weighted by Gasteiger charge is 2.19. The standard InChI is InChI=1S/C13H13BrN4O3/c14-12-9(4-3-5-10(12)18(20)21)8-17-13(19)16-7-2-1-6-11(16)15-17/h3-5H,1-2,6-8H2. The van der Waals surface area contributed by atoms with Crippen molar-refractivity contribution < 1.29 is 4.92 Å². The van der Waals surface area contributed by atoms with Gasteiger partial charge in [0.1, 0.15) is 10.3 Å². The molecule has 7 nitrogen and oxygen atoms in total. The number of fused-ring (bicyclic) bond motifs is 1. The first kappa shape index (κ1) is 14.0. The number of nitro benzene ring substituents is 1. The van der Waals surface area contributed by atoms with E-state index in [9.17, 15) is 14.9 Å². The van der Waals surface area contributed by atoms with Gasteiger partial charge in [-0.25, -0.2) is 9.48 Å². The zero-order valence-electron chi connectivity index (χ0n) is 11.2. The number of aryl methyl sites for hydroxylation is 1. The van der Waals surface area contributed by atoms with Crippen molar-refractivity contribution in [3.8, 4) is 0 Å². The average Bonchev–Trinajstić information content (AvgIpc) is 2.78. The van der Waals surface area contributed by atoms with Gasteiger partial charge in [0.15, 0.2) is 0 Å². The van der Waals surface area contributed by atoms with E-state index < -0.39 is 4.92 Å². The largest absolute Gasteiger partial charge is 0.346 e. The summed E-state index contributed by atoms with van der Waals surface area (Å²) in [5.41, 5.74) is 0.509. The lowest BCUT2D eigenvalue weighted by Gasteiger charge is -2.09. The van der Waals surface area contributed by atoms with Gasteiger partial charge in [0.05, 0.1) is 11.5 Å². The Hall–Kier alpha value is -1.96. The van der Waals surface area contributed by atoms with Crippen LogP contribution in [0.4, 0.5) is 5.69 Å². The van der Waals surface area contributed by atoms with Crippen molar-refractivity contribution in [1.29, 1.82) is 0 Å². The van der Waals surface area contributed by atoms with Gasteiger partial charge in [-0.1, -0.05) is 12.1 Å². The molecular weight excluding hydrogens is 340 g/mol. The molecule has 2 aromatic rings. The molecule has 2 heterocycles. The molecule has 0 fully saturated rings. The molecule has 0 amide bonds. The highest BCUT2D eigenvalue weighted by atomic mass is 79.9. The quantitative estimate of drug-likeness (QED) is 0.625. The van der Waals surface area contributed by atoms with Crippen LogP contribution in [0.3, 0.4) is 0 Å². The minimum Gasteiger partial charge on any atom is -0.279 e. The fourth-order valence-electron chi connectivity index (χ4n) is 2.54. The number of rotatable bonds is 3. The van der Waals surface area contributed by atoms with Gasteiger partial charge in [-0.15, -0.1) is 0 Å². The fourth-order valence-corrected chi connectivity index (χ4v) is 3.08. The Morgan fingerprint density at radius 3 is 2.90 bits per heavy atom. The van der Waals surface area contributed by atoms with Crippen molar-refractivity contribution in [1.82, 2.24) is 14.3 Å². The Morgan fingerprint density at radius 2 is 2.19 bits per heavy atom. The molecule has 1 aliphatic rings. The SMILES string of the molecule is O=c1n(Cc2cccc([N+](=O)[O-])c2Br)nc2n1CCCC2. The lowest BCUT2D eigenvalue weighted by Crippen LogP contribution is -2.27. The van der Waals surface area contributed by atoms with Crippen LogP contribution >= 0.6 is 15.9 Å². The first-order chi connectivity index (χ1) is 10.1. The molecule has 0 aliphatic carbocycles. The van der Waals surface area contributed by atoms with E-state index in [0.717, 1.165) is 25.1 Å². The summed E-state index contributed by atoms with van der Waals surface area (Å²) in [5, 5.41) is 15.3. The Balaban J connectivity index is 1.98. The van der Waals surface area contributed by atoms with Gasteiger partial charge in [0.25, 0.3) is 5.69 Å². The highest BCUT2D eigenvalue weighted by Crippen LogP contribution is 2.28. The molecular formula is C13H13BrN4O3. The molecule has 3 rings (SSSR count). The van der Waals surface area contributed by atoms with Gasteiger partial charge in [-0.05, 0) is 34.3 Å². The minimum absolute atomic E-state index is 0.00970. The molecule has 0 atom stereocenters. The second-order valence-electron chi connectivity index (χ2n) is 4.97. The maximum absolute atomic E-state index is 12.3. The van der Waals surface area contributed by atoms with E-state index >= 15 is 0 Å². The maximum atomic E-state index is 12.3. The van der Waals surface area contributed by atoms with Gasteiger partial charge in [-0.2, -0.15) is 5.10 Å². The molecule has 21 heavy (non-hydrogen) atoms. The summed E-state index contributed by atoms with van der Waals surface area (Å²) in [5.74, 6) is 0.799. The van der Waals surface area contributed by atoms with Crippen LogP contribution < -0.4 is 5.69 Å². The predicted molar refractivity (Wildman–Crippen MR) is 79.3 cm³/mol. The third-order valence-electron chi connectivity index (χ3n) is 3.61.